The van der Waals surface area contributed by atoms with E-state index in [9.17, 15) is 0 Å². The number of rotatable bonds is 1. The zero-order valence-corrected chi connectivity index (χ0v) is 6.01. The first kappa shape index (κ1) is 5.10. The van der Waals surface area contributed by atoms with Crippen molar-refractivity contribution >= 4 is 8.80 Å². The molecule has 0 unspecified atom stereocenters. The normalized spacial score (nSPS) is 21.3. The fourth-order valence-corrected chi connectivity index (χ4v) is 3.02. The van der Waals surface area contributed by atoms with Gasteiger partial charge < -0.3 is 0 Å². The van der Waals surface area contributed by atoms with Gasteiger partial charge in [-0.2, -0.15) is 0 Å². The maximum Gasteiger partial charge on any atom is 0.0440 e. The van der Waals surface area contributed by atoms with E-state index in [4.69, 9.17) is 0 Å². The predicted molar refractivity (Wildman–Crippen MR) is 36.4 cm³/mol. The fourth-order valence-electron chi connectivity index (χ4n) is 1.01. The number of hydrogen-bond acceptors (Lipinski definition) is 0. The van der Waals surface area contributed by atoms with E-state index >= 15 is 0 Å². The molecular formula is C6H12Si. The number of allylic oxidation sites excluding steroid dienone is 2. The summed E-state index contributed by atoms with van der Waals surface area (Å²) in [7, 11) is -0.171. The first-order valence-corrected chi connectivity index (χ1v) is 5.53. The summed E-state index contributed by atoms with van der Waals surface area (Å²) in [5.74, 6) is 0. The molecule has 0 aromatic rings. The van der Waals surface area contributed by atoms with Crippen molar-refractivity contribution in [3.63, 3.8) is 0 Å². The van der Waals surface area contributed by atoms with E-state index in [-0.39, 0.29) is 8.80 Å². The largest absolute Gasteiger partial charge is 0.0917 e. The van der Waals surface area contributed by atoms with Crippen molar-refractivity contribution in [3.05, 3.63) is 12.2 Å². The molecule has 7 heavy (non-hydrogen) atoms. The zero-order valence-electron chi connectivity index (χ0n) is 4.85. The van der Waals surface area contributed by atoms with Crippen LogP contribution in [0.5, 0.6) is 0 Å². The van der Waals surface area contributed by atoms with Crippen LogP contribution in [0.25, 0.3) is 0 Å². The van der Waals surface area contributed by atoms with Crippen LogP contribution >= 0.6 is 0 Å². The van der Waals surface area contributed by atoms with Gasteiger partial charge in [-0.25, -0.2) is 0 Å². The second kappa shape index (κ2) is 2.31. The van der Waals surface area contributed by atoms with Crippen LogP contribution in [0.1, 0.15) is 6.92 Å². The van der Waals surface area contributed by atoms with Crippen LogP contribution in [-0.4, -0.2) is 8.80 Å². The van der Waals surface area contributed by atoms with Gasteiger partial charge in [-0.05, 0) is 12.1 Å². The van der Waals surface area contributed by atoms with Gasteiger partial charge in [0.05, 0.1) is 0 Å². The minimum absolute atomic E-state index is 0.171. The number of hydrogen-bond donors (Lipinski definition) is 0. The van der Waals surface area contributed by atoms with Crippen LogP contribution in [-0.2, 0) is 0 Å². The van der Waals surface area contributed by atoms with Gasteiger partial charge in [0, 0.05) is 8.80 Å². The van der Waals surface area contributed by atoms with E-state index in [1.54, 1.807) is 0 Å². The van der Waals surface area contributed by atoms with Gasteiger partial charge in [-0.15, -0.1) is 0 Å². The van der Waals surface area contributed by atoms with Gasteiger partial charge in [0.1, 0.15) is 0 Å². The van der Waals surface area contributed by atoms with Gasteiger partial charge in [0.25, 0.3) is 0 Å². The van der Waals surface area contributed by atoms with Crippen molar-refractivity contribution in [1.29, 1.82) is 0 Å². The smallest absolute Gasteiger partial charge is 0.0440 e. The summed E-state index contributed by atoms with van der Waals surface area (Å²) in [4.78, 5) is 0. The Morgan fingerprint density at radius 3 is 2.29 bits per heavy atom. The quantitative estimate of drug-likeness (QED) is 0.358. The molecule has 40 valence electrons. The van der Waals surface area contributed by atoms with Crippen LogP contribution in [0.4, 0.5) is 0 Å². The third-order valence-electron chi connectivity index (χ3n) is 1.68. The Balaban J connectivity index is 2.22. The topological polar surface area (TPSA) is 0 Å². The van der Waals surface area contributed by atoms with E-state index in [0.717, 1.165) is 0 Å². The molecule has 1 rings (SSSR count). The van der Waals surface area contributed by atoms with E-state index in [1.165, 1.54) is 18.1 Å². The van der Waals surface area contributed by atoms with Crippen molar-refractivity contribution in [1.82, 2.24) is 0 Å². The predicted octanol–water partition coefficient (Wildman–Crippen LogP) is 1.80. The molecule has 0 aromatic heterocycles. The Morgan fingerprint density at radius 2 is 2.00 bits per heavy atom. The van der Waals surface area contributed by atoms with Crippen LogP contribution in [0.3, 0.4) is 0 Å². The molecule has 0 saturated heterocycles. The molecule has 0 aromatic carbocycles. The average molecular weight is 112 g/mol. The molecule has 0 N–H and O–H groups in total. The molecule has 1 aliphatic rings. The second-order valence-electron chi connectivity index (χ2n) is 2.22. The monoisotopic (exact) mass is 112 g/mol. The van der Waals surface area contributed by atoms with Crippen molar-refractivity contribution in [3.8, 4) is 0 Å². The summed E-state index contributed by atoms with van der Waals surface area (Å²) in [6.45, 7) is 2.32. The molecule has 0 fully saturated rings. The van der Waals surface area contributed by atoms with E-state index in [1.807, 2.05) is 0 Å². The van der Waals surface area contributed by atoms with E-state index in [2.05, 4.69) is 19.1 Å². The summed E-state index contributed by atoms with van der Waals surface area (Å²) >= 11 is 0. The summed E-state index contributed by atoms with van der Waals surface area (Å²) in [5.41, 5.74) is 0. The van der Waals surface area contributed by atoms with E-state index in [0.29, 0.717) is 0 Å². The molecule has 0 amide bonds. The lowest BCUT2D eigenvalue weighted by molar-refractivity contribution is 1.37. The summed E-state index contributed by atoms with van der Waals surface area (Å²) in [6, 6.07) is 4.43. The Kier molecular flexibility index (Phi) is 1.68. The van der Waals surface area contributed by atoms with Crippen molar-refractivity contribution in [2.75, 3.05) is 0 Å². The lowest BCUT2D eigenvalue weighted by Gasteiger charge is -1.97. The standard InChI is InChI=1S/C6H12Si/c1-2-7-5-3-4-6-7/h3-4,7H,2,5-6H2,1H3. The molecule has 1 aliphatic heterocycles. The highest BCUT2D eigenvalue weighted by molar-refractivity contribution is 6.60. The highest BCUT2D eigenvalue weighted by atomic mass is 28.3. The Hall–Kier alpha value is -0.0431. The first-order valence-electron chi connectivity index (χ1n) is 3.08. The van der Waals surface area contributed by atoms with Crippen molar-refractivity contribution in [2.45, 2.75) is 25.1 Å². The lowest BCUT2D eigenvalue weighted by Crippen LogP contribution is -2.01. The molecule has 0 nitrogen and oxygen atoms in total. The van der Waals surface area contributed by atoms with Gasteiger partial charge >= 0.3 is 0 Å². The lowest BCUT2D eigenvalue weighted by atomic mass is 10.6. The van der Waals surface area contributed by atoms with Crippen LogP contribution in [0.15, 0.2) is 12.2 Å². The minimum Gasteiger partial charge on any atom is -0.0917 e. The molecule has 0 atom stereocenters. The minimum atomic E-state index is -0.171. The maximum absolute atomic E-state index is 2.35. The second-order valence-corrected chi connectivity index (χ2v) is 5.71. The molecule has 0 radical (unpaired) electrons. The molecule has 1 heterocycles. The van der Waals surface area contributed by atoms with Crippen molar-refractivity contribution in [2.24, 2.45) is 0 Å². The summed E-state index contributed by atoms with van der Waals surface area (Å²) in [6.07, 6.45) is 4.70. The molecule has 0 spiro atoms. The third kappa shape index (κ3) is 1.16. The first-order chi connectivity index (χ1) is 3.43. The van der Waals surface area contributed by atoms with Crippen molar-refractivity contribution < 1.29 is 0 Å². The van der Waals surface area contributed by atoms with Gasteiger partial charge in [-0.3, -0.25) is 0 Å². The molecule has 1 heteroatoms. The zero-order chi connectivity index (χ0) is 5.11. The fraction of sp³-hybridized carbons (Fsp3) is 0.667. The van der Waals surface area contributed by atoms with Crippen LogP contribution < -0.4 is 0 Å². The summed E-state index contributed by atoms with van der Waals surface area (Å²) < 4.78 is 0. The van der Waals surface area contributed by atoms with E-state index < -0.39 is 0 Å². The van der Waals surface area contributed by atoms with Gasteiger partial charge in [0.2, 0.25) is 0 Å². The Bertz CT molecular complexity index is 68.2. The third-order valence-corrected chi connectivity index (χ3v) is 4.72. The Labute approximate surface area is 46.8 Å². The van der Waals surface area contributed by atoms with Crippen LogP contribution in [0, 0.1) is 0 Å². The maximum atomic E-state index is 2.35. The SMILES string of the molecule is CC[SiH]1CC=CC1. The average Bonchev–Trinajstić information content (AvgIpc) is 2.14. The highest BCUT2D eigenvalue weighted by Gasteiger charge is 2.07. The Morgan fingerprint density at radius 1 is 1.43 bits per heavy atom. The highest BCUT2D eigenvalue weighted by Crippen LogP contribution is 2.13. The molecule has 0 aliphatic carbocycles. The molecule has 0 bridgehead atoms. The summed E-state index contributed by atoms with van der Waals surface area (Å²) in [5, 5.41) is 0. The van der Waals surface area contributed by atoms with Gasteiger partial charge in [-0.1, -0.05) is 25.1 Å². The molecular weight excluding hydrogens is 100 g/mol. The van der Waals surface area contributed by atoms with Crippen LogP contribution in [0.2, 0.25) is 18.1 Å². The molecule has 0 saturated carbocycles. The van der Waals surface area contributed by atoms with Gasteiger partial charge in [0.15, 0.2) is 0 Å².